The highest BCUT2D eigenvalue weighted by Crippen LogP contribution is 2.31. The first kappa shape index (κ1) is 22.9. The number of hydrogen-bond acceptors (Lipinski definition) is 3. The molecule has 1 fully saturated rings. The van der Waals surface area contributed by atoms with Crippen molar-refractivity contribution in [1.29, 1.82) is 0 Å². The normalized spacial score (nSPS) is 17.6. The van der Waals surface area contributed by atoms with Gasteiger partial charge in [-0.3, -0.25) is 4.79 Å². The maximum atomic E-state index is 12.3. The largest absolute Gasteiger partial charge is 0.446 e. The van der Waals surface area contributed by atoms with Gasteiger partial charge in [0.15, 0.2) is 0 Å². The summed E-state index contributed by atoms with van der Waals surface area (Å²) in [6.07, 6.45) is 0.549. The lowest BCUT2D eigenvalue weighted by Gasteiger charge is -2.37. The number of ether oxygens (including phenoxy) is 1. The summed E-state index contributed by atoms with van der Waals surface area (Å²) in [4.78, 5) is 25.5. The first-order chi connectivity index (χ1) is 13.7. The van der Waals surface area contributed by atoms with Gasteiger partial charge in [-0.05, 0) is 31.0 Å². The molecule has 2 amide bonds. The number of nitrogens with two attached hydrogens (primary N) is 1. The summed E-state index contributed by atoms with van der Waals surface area (Å²) < 4.78 is 6.52. The minimum Gasteiger partial charge on any atom is -0.446 e. The van der Waals surface area contributed by atoms with Crippen LogP contribution in [0.2, 0.25) is 0 Å². The molecular formula is C23H29BrN2O3. The Bertz CT molecular complexity index is 767. The van der Waals surface area contributed by atoms with Crippen molar-refractivity contribution >= 4 is 27.9 Å². The fourth-order valence-corrected chi connectivity index (χ4v) is 3.38. The Hall–Kier alpha value is -2.34. The second kappa shape index (κ2) is 10.4. The van der Waals surface area contributed by atoms with E-state index in [2.05, 4.69) is 15.9 Å². The lowest BCUT2D eigenvalue weighted by atomic mass is 9.85. The predicted octanol–water partition coefficient (Wildman–Crippen LogP) is 5.31. The zero-order chi connectivity index (χ0) is 21.4. The first-order valence-electron chi connectivity index (χ1n) is 9.73. The van der Waals surface area contributed by atoms with Gasteiger partial charge in [-0.25, -0.2) is 4.79 Å². The molecule has 2 N–H and O–H groups in total. The highest BCUT2D eigenvalue weighted by atomic mass is 79.9. The van der Waals surface area contributed by atoms with Crippen molar-refractivity contribution in [2.45, 2.75) is 45.8 Å². The van der Waals surface area contributed by atoms with E-state index in [1.807, 2.05) is 67.6 Å². The molecule has 5 nitrogen and oxygen atoms in total. The highest BCUT2D eigenvalue weighted by molar-refractivity contribution is 9.10. The third-order valence-corrected chi connectivity index (χ3v) is 5.61. The molecule has 0 aromatic heterocycles. The maximum absolute atomic E-state index is 12.3. The van der Waals surface area contributed by atoms with E-state index in [9.17, 15) is 9.59 Å². The third-order valence-electron chi connectivity index (χ3n) is 5.09. The van der Waals surface area contributed by atoms with Gasteiger partial charge in [0.25, 0.3) is 0 Å². The summed E-state index contributed by atoms with van der Waals surface area (Å²) >= 11 is 3.41. The van der Waals surface area contributed by atoms with Crippen LogP contribution in [0, 0.1) is 5.41 Å². The second-order valence-corrected chi connectivity index (χ2v) is 8.74. The predicted molar refractivity (Wildman–Crippen MR) is 118 cm³/mol. The number of halogens is 1. The Balaban J connectivity index is 0.000000426. The summed E-state index contributed by atoms with van der Waals surface area (Å²) in [5.41, 5.74) is 5.77. The Morgan fingerprint density at radius 2 is 1.69 bits per heavy atom. The third kappa shape index (κ3) is 6.89. The van der Waals surface area contributed by atoms with E-state index in [0.717, 1.165) is 10.0 Å². The fraction of sp³-hybridized carbons (Fsp3) is 0.391. The van der Waals surface area contributed by atoms with Gasteiger partial charge < -0.3 is 15.4 Å². The number of cyclic esters (lactones) is 1. The summed E-state index contributed by atoms with van der Waals surface area (Å²) in [7, 11) is 0. The molecule has 1 aliphatic heterocycles. The zero-order valence-corrected chi connectivity index (χ0v) is 18.8. The molecule has 2 atom stereocenters. The average molecular weight is 461 g/mol. The number of nitrogens with zero attached hydrogens (tertiary/aromatic N) is 1. The van der Waals surface area contributed by atoms with Crippen LogP contribution < -0.4 is 5.73 Å². The molecule has 0 aliphatic carbocycles. The molecule has 29 heavy (non-hydrogen) atoms. The number of rotatable bonds is 5. The van der Waals surface area contributed by atoms with Gasteiger partial charge in [-0.1, -0.05) is 78.3 Å². The summed E-state index contributed by atoms with van der Waals surface area (Å²) in [6, 6.07) is 19.8. The van der Waals surface area contributed by atoms with E-state index in [1.54, 1.807) is 18.7 Å². The summed E-state index contributed by atoms with van der Waals surface area (Å²) in [5.74, 6) is -0.376. The van der Waals surface area contributed by atoms with Gasteiger partial charge >= 0.3 is 6.09 Å². The second-order valence-electron chi connectivity index (χ2n) is 7.82. The van der Waals surface area contributed by atoms with Crippen molar-refractivity contribution in [3.63, 3.8) is 0 Å². The van der Waals surface area contributed by atoms with Crippen molar-refractivity contribution < 1.29 is 14.3 Å². The van der Waals surface area contributed by atoms with E-state index in [1.165, 1.54) is 0 Å². The van der Waals surface area contributed by atoms with Crippen LogP contribution >= 0.6 is 15.9 Å². The Labute approximate surface area is 181 Å². The summed E-state index contributed by atoms with van der Waals surface area (Å²) in [6.45, 7) is 6.15. The molecule has 0 spiro atoms. The van der Waals surface area contributed by atoms with Gasteiger partial charge in [0.2, 0.25) is 5.91 Å². The monoisotopic (exact) mass is 460 g/mol. The van der Waals surface area contributed by atoms with E-state index in [0.29, 0.717) is 19.4 Å². The minimum absolute atomic E-state index is 0.0549. The van der Waals surface area contributed by atoms with Crippen molar-refractivity contribution in [3.8, 4) is 0 Å². The molecule has 1 saturated heterocycles. The molecule has 1 aliphatic rings. The molecule has 0 radical (unpaired) electrons. The molecule has 0 saturated carbocycles. The molecule has 2 aromatic rings. The fourth-order valence-electron chi connectivity index (χ4n) is 3.11. The number of carbonyl (C=O) groups excluding carboxylic acids is 2. The van der Waals surface area contributed by atoms with Crippen LogP contribution in [0.25, 0.3) is 0 Å². The van der Waals surface area contributed by atoms with E-state index in [-0.39, 0.29) is 24.1 Å². The Morgan fingerprint density at radius 3 is 2.14 bits per heavy atom. The smallest absolute Gasteiger partial charge is 0.410 e. The molecular weight excluding hydrogens is 432 g/mol. The van der Waals surface area contributed by atoms with Crippen LogP contribution in [0.1, 0.15) is 45.2 Å². The molecule has 3 rings (SSSR count). The highest BCUT2D eigenvalue weighted by Gasteiger charge is 2.36. The van der Waals surface area contributed by atoms with Crippen LogP contribution in [0.5, 0.6) is 0 Å². The lowest BCUT2D eigenvalue weighted by Crippen LogP contribution is -2.45. The van der Waals surface area contributed by atoms with Crippen LogP contribution in [-0.2, 0) is 9.53 Å². The topological polar surface area (TPSA) is 72.6 Å². The van der Waals surface area contributed by atoms with Gasteiger partial charge in [0, 0.05) is 22.9 Å². The van der Waals surface area contributed by atoms with Crippen LogP contribution in [-0.4, -0.2) is 29.5 Å². The van der Waals surface area contributed by atoms with E-state index < -0.39 is 5.41 Å². The molecule has 156 valence electrons. The molecule has 2 aromatic carbocycles. The number of amides is 2. The van der Waals surface area contributed by atoms with E-state index >= 15 is 0 Å². The number of carbonyl (C=O) groups is 2. The standard InChI is InChI=1S/C17H23BrN2O3.C6H6/c1-11(12-4-6-13(18)7-5-12)20-9-8-14(23-16(20)22)10-17(2,3)15(19)21;1-2-4-6-5-3-1/h4-7,11,14H,8-10H2,1-3H3,(H2,19,21);1-6H. The van der Waals surface area contributed by atoms with Crippen molar-refractivity contribution in [3.05, 3.63) is 70.7 Å². The summed E-state index contributed by atoms with van der Waals surface area (Å²) in [5, 5.41) is 0. The maximum Gasteiger partial charge on any atom is 0.410 e. The molecule has 0 bridgehead atoms. The molecule has 1 heterocycles. The Kier molecular flexibility index (Phi) is 8.26. The van der Waals surface area contributed by atoms with Crippen LogP contribution in [0.15, 0.2) is 65.1 Å². The minimum atomic E-state index is -0.676. The number of benzene rings is 2. The van der Waals surface area contributed by atoms with Gasteiger partial charge in [0.05, 0.1) is 6.04 Å². The van der Waals surface area contributed by atoms with Gasteiger partial charge in [0.1, 0.15) is 6.10 Å². The molecule has 6 heteroatoms. The van der Waals surface area contributed by atoms with Gasteiger partial charge in [-0.15, -0.1) is 0 Å². The van der Waals surface area contributed by atoms with Crippen molar-refractivity contribution in [2.75, 3.05) is 6.54 Å². The van der Waals surface area contributed by atoms with Crippen LogP contribution in [0.3, 0.4) is 0 Å². The lowest BCUT2D eigenvalue weighted by molar-refractivity contribution is -0.128. The zero-order valence-electron chi connectivity index (χ0n) is 17.2. The molecule has 2 unspecified atom stereocenters. The average Bonchev–Trinajstić information content (AvgIpc) is 2.69. The number of hydrogen-bond donors (Lipinski definition) is 1. The van der Waals surface area contributed by atoms with Gasteiger partial charge in [-0.2, -0.15) is 0 Å². The number of primary amides is 1. The first-order valence-corrected chi connectivity index (χ1v) is 10.5. The quantitative estimate of drug-likeness (QED) is 0.656. The van der Waals surface area contributed by atoms with E-state index in [4.69, 9.17) is 10.5 Å². The van der Waals surface area contributed by atoms with Crippen molar-refractivity contribution in [1.82, 2.24) is 4.90 Å². The SMILES string of the molecule is CC(c1ccc(Br)cc1)N1CCC(CC(C)(C)C(N)=O)OC1=O.c1ccccc1. The van der Waals surface area contributed by atoms with Crippen molar-refractivity contribution in [2.24, 2.45) is 11.1 Å². The Morgan fingerprint density at radius 1 is 1.17 bits per heavy atom. The van der Waals surface area contributed by atoms with Crippen LogP contribution in [0.4, 0.5) is 4.79 Å².